The Hall–Kier alpha value is -4.45. The van der Waals surface area contributed by atoms with Gasteiger partial charge in [-0.15, -0.1) is 0 Å². The maximum Gasteiger partial charge on any atom is 0.420 e. The predicted molar refractivity (Wildman–Crippen MR) is 108 cm³/mol. The molecule has 0 saturated heterocycles. The normalized spacial score (nSPS) is 11.1. The van der Waals surface area contributed by atoms with Crippen molar-refractivity contribution in [2.45, 2.75) is 0 Å². The van der Waals surface area contributed by atoms with Crippen molar-refractivity contribution in [3.05, 3.63) is 65.0 Å². The Morgan fingerprint density at radius 3 is 2.67 bits per heavy atom. The number of methoxy groups -OCH3 is 1. The number of nitrogens with zero attached hydrogens (tertiary/aromatic N) is 6. The molecule has 146 valence electrons. The Bertz CT molecular complexity index is 1520. The molecule has 0 atom stereocenters. The van der Waals surface area contributed by atoms with E-state index in [-0.39, 0.29) is 0 Å². The Labute approximate surface area is 169 Å². The van der Waals surface area contributed by atoms with E-state index in [1.54, 1.807) is 48.2 Å². The fourth-order valence-electron chi connectivity index (χ4n) is 3.43. The molecule has 0 unspecified atom stereocenters. The highest BCUT2D eigenvalue weighted by Crippen LogP contribution is 2.36. The molecule has 0 aliphatic heterocycles. The van der Waals surface area contributed by atoms with Crippen LogP contribution in [-0.2, 0) is 7.05 Å². The number of hydrogen-bond donors (Lipinski definition) is 0. The molecule has 0 amide bonds. The van der Waals surface area contributed by atoms with Crippen LogP contribution in [0.15, 0.2) is 58.1 Å². The van der Waals surface area contributed by atoms with E-state index >= 15 is 0 Å². The number of rotatable bonds is 3. The van der Waals surface area contributed by atoms with Crippen molar-refractivity contribution in [2.24, 2.45) is 7.05 Å². The van der Waals surface area contributed by atoms with E-state index in [2.05, 4.69) is 21.0 Å². The lowest BCUT2D eigenvalue weighted by molar-refractivity contribution is 0.375. The first kappa shape index (κ1) is 17.6. The van der Waals surface area contributed by atoms with E-state index < -0.39 is 5.76 Å². The highest BCUT2D eigenvalue weighted by Gasteiger charge is 2.20. The molecule has 9 heteroatoms. The first-order chi connectivity index (χ1) is 14.6. The number of ether oxygens (including phenoxy) is 1. The summed E-state index contributed by atoms with van der Waals surface area (Å²) in [6.07, 6.45) is 5.06. The fraction of sp³-hybridized carbons (Fsp3) is 0.0952. The molecule has 0 fully saturated rings. The molecule has 5 rings (SSSR count). The van der Waals surface area contributed by atoms with Gasteiger partial charge in [-0.3, -0.25) is 8.97 Å². The van der Waals surface area contributed by atoms with Crippen LogP contribution in [0.1, 0.15) is 5.56 Å². The van der Waals surface area contributed by atoms with Crippen molar-refractivity contribution in [3.63, 3.8) is 0 Å². The van der Waals surface area contributed by atoms with Crippen molar-refractivity contribution >= 4 is 16.9 Å². The van der Waals surface area contributed by atoms with Crippen LogP contribution in [0.3, 0.4) is 0 Å². The van der Waals surface area contributed by atoms with E-state index in [1.165, 1.54) is 11.7 Å². The van der Waals surface area contributed by atoms with E-state index in [9.17, 15) is 4.79 Å². The second-order valence-electron chi connectivity index (χ2n) is 6.60. The molecular formula is C21H14N6O3. The van der Waals surface area contributed by atoms with Crippen molar-refractivity contribution in [3.8, 4) is 34.5 Å². The molecule has 0 saturated carbocycles. The van der Waals surface area contributed by atoms with Gasteiger partial charge in [0.15, 0.2) is 16.9 Å². The minimum absolute atomic E-state index is 0.367. The van der Waals surface area contributed by atoms with Gasteiger partial charge in [0, 0.05) is 36.8 Å². The number of fused-ring (bicyclic) bond motifs is 2. The summed E-state index contributed by atoms with van der Waals surface area (Å²) in [5.74, 6) is -0.485. The van der Waals surface area contributed by atoms with Gasteiger partial charge in [-0.1, -0.05) is 12.1 Å². The number of oxazole rings is 1. The molecule has 4 aromatic heterocycles. The highest BCUT2D eigenvalue weighted by atomic mass is 16.5. The number of aromatic nitrogens is 5. The molecule has 0 spiro atoms. The topological polar surface area (TPSA) is 111 Å². The van der Waals surface area contributed by atoms with Crippen LogP contribution in [-0.4, -0.2) is 31.0 Å². The van der Waals surface area contributed by atoms with Crippen LogP contribution < -0.4 is 10.5 Å². The maximum absolute atomic E-state index is 11.9. The van der Waals surface area contributed by atoms with Crippen molar-refractivity contribution in [2.75, 3.05) is 7.11 Å². The number of hydrogen-bond acceptors (Lipinski definition) is 7. The molecule has 9 nitrogen and oxygen atoms in total. The van der Waals surface area contributed by atoms with E-state index in [4.69, 9.17) is 14.4 Å². The molecule has 0 aliphatic carbocycles. The summed E-state index contributed by atoms with van der Waals surface area (Å²) in [5.41, 5.74) is 4.74. The van der Waals surface area contributed by atoms with Gasteiger partial charge in [0.2, 0.25) is 0 Å². The number of nitriles is 1. The number of pyridine rings is 1. The average Bonchev–Trinajstić information content (AvgIpc) is 3.37. The zero-order valence-electron chi connectivity index (χ0n) is 16.0. The molecule has 1 aromatic carbocycles. The third-order valence-corrected chi connectivity index (χ3v) is 4.90. The number of benzene rings is 1. The summed E-state index contributed by atoms with van der Waals surface area (Å²) in [7, 11) is 3.14. The van der Waals surface area contributed by atoms with Gasteiger partial charge in [-0.2, -0.15) is 10.2 Å². The van der Waals surface area contributed by atoms with E-state index in [0.717, 1.165) is 5.56 Å². The molecule has 5 aromatic rings. The molecule has 4 heterocycles. The first-order valence-electron chi connectivity index (χ1n) is 8.98. The lowest BCUT2D eigenvalue weighted by Gasteiger charge is -2.13. The molecule has 0 N–H and O–H groups in total. The average molecular weight is 398 g/mol. The van der Waals surface area contributed by atoms with Crippen molar-refractivity contribution in [1.82, 2.24) is 23.9 Å². The SMILES string of the molecule is COc1nc(-c2ccc(C#N)cc2)c(-c2cnc3c(c2)oc(=O)n3C)c2nccn12. The molecule has 30 heavy (non-hydrogen) atoms. The fourth-order valence-corrected chi connectivity index (χ4v) is 3.43. The second kappa shape index (κ2) is 6.56. The summed E-state index contributed by atoms with van der Waals surface area (Å²) in [6.45, 7) is 0. The largest absolute Gasteiger partial charge is 0.468 e. The summed E-state index contributed by atoms with van der Waals surface area (Å²) in [4.78, 5) is 25.5. The van der Waals surface area contributed by atoms with E-state index in [1.807, 2.05) is 12.1 Å². The highest BCUT2D eigenvalue weighted by molar-refractivity contribution is 5.92. The standard InChI is InChI=1S/C21H14N6O3/c1-26-18-15(30-21(26)28)9-14(11-24-18)16-17(13-5-3-12(10-22)4-6-13)25-20(29-2)27-8-7-23-19(16)27/h3-9,11H,1-2H3. The van der Waals surface area contributed by atoms with E-state index in [0.29, 0.717) is 45.3 Å². The van der Waals surface area contributed by atoms with Gasteiger partial charge < -0.3 is 9.15 Å². The monoisotopic (exact) mass is 398 g/mol. The molecule has 0 aliphatic rings. The Morgan fingerprint density at radius 2 is 1.93 bits per heavy atom. The third kappa shape index (κ3) is 2.55. The predicted octanol–water partition coefficient (Wildman–Crippen LogP) is 2.78. The molecular weight excluding hydrogens is 384 g/mol. The second-order valence-corrected chi connectivity index (χ2v) is 6.60. The van der Waals surface area contributed by atoms with Gasteiger partial charge in [0.25, 0.3) is 0 Å². The van der Waals surface area contributed by atoms with Gasteiger partial charge >= 0.3 is 11.8 Å². The molecule has 0 bridgehead atoms. The number of imidazole rings is 1. The quantitative estimate of drug-likeness (QED) is 0.459. The summed E-state index contributed by atoms with van der Waals surface area (Å²) < 4.78 is 13.8. The smallest absolute Gasteiger partial charge is 0.420 e. The Balaban J connectivity index is 1.85. The summed E-state index contributed by atoms with van der Waals surface area (Å²) in [5, 5.41) is 9.11. The minimum Gasteiger partial charge on any atom is -0.468 e. The first-order valence-corrected chi connectivity index (χ1v) is 8.98. The Kier molecular flexibility index (Phi) is 3.86. The van der Waals surface area contributed by atoms with Crippen LogP contribution in [0.4, 0.5) is 0 Å². The van der Waals surface area contributed by atoms with Crippen LogP contribution in [0.2, 0.25) is 0 Å². The van der Waals surface area contributed by atoms with Gasteiger partial charge in [-0.05, 0) is 18.2 Å². The summed E-state index contributed by atoms with van der Waals surface area (Å²) >= 11 is 0. The van der Waals surface area contributed by atoms with Crippen molar-refractivity contribution in [1.29, 1.82) is 5.26 Å². The van der Waals surface area contributed by atoms with Gasteiger partial charge in [-0.25, -0.2) is 14.8 Å². The lowest BCUT2D eigenvalue weighted by atomic mass is 10.0. The Morgan fingerprint density at radius 1 is 1.13 bits per heavy atom. The van der Waals surface area contributed by atoms with Crippen LogP contribution >= 0.6 is 0 Å². The zero-order valence-corrected chi connectivity index (χ0v) is 16.0. The van der Waals surface area contributed by atoms with Gasteiger partial charge in [0.05, 0.1) is 30.0 Å². The molecule has 0 radical (unpaired) electrons. The third-order valence-electron chi connectivity index (χ3n) is 4.90. The van der Waals surface area contributed by atoms with Crippen LogP contribution in [0.25, 0.3) is 39.3 Å². The zero-order chi connectivity index (χ0) is 20.8. The lowest BCUT2D eigenvalue weighted by Crippen LogP contribution is -2.08. The number of aryl methyl sites for hydroxylation is 1. The van der Waals surface area contributed by atoms with Crippen molar-refractivity contribution < 1.29 is 9.15 Å². The maximum atomic E-state index is 11.9. The van der Waals surface area contributed by atoms with Crippen LogP contribution in [0.5, 0.6) is 6.01 Å². The summed E-state index contributed by atoms with van der Waals surface area (Å²) in [6, 6.07) is 11.3. The minimum atomic E-state index is -0.485. The van der Waals surface area contributed by atoms with Crippen LogP contribution in [0, 0.1) is 11.3 Å². The van der Waals surface area contributed by atoms with Gasteiger partial charge in [0.1, 0.15) is 0 Å².